The van der Waals surface area contributed by atoms with Gasteiger partial charge in [-0.3, -0.25) is 9.59 Å². The molecule has 2 heterocycles. The van der Waals surface area contributed by atoms with Crippen LogP contribution in [0.2, 0.25) is 0 Å². The second-order valence-electron chi connectivity index (χ2n) is 6.33. The number of aromatic nitrogens is 1. The molecule has 2 aromatic rings. The van der Waals surface area contributed by atoms with Crippen LogP contribution in [0.25, 0.3) is 0 Å². The normalized spacial score (nSPS) is 14.7. The van der Waals surface area contributed by atoms with Crippen LogP contribution >= 0.6 is 0 Å². The zero-order valence-corrected chi connectivity index (χ0v) is 15.2. The highest BCUT2D eigenvalue weighted by Gasteiger charge is 2.21. The third-order valence-corrected chi connectivity index (χ3v) is 4.47. The highest BCUT2D eigenvalue weighted by molar-refractivity contribution is 6.06. The lowest BCUT2D eigenvalue weighted by atomic mass is 10.1. The molecule has 8 heteroatoms. The minimum atomic E-state index is -0.742. The van der Waals surface area contributed by atoms with Crippen molar-refractivity contribution in [3.63, 3.8) is 0 Å². The van der Waals surface area contributed by atoms with E-state index >= 15 is 0 Å². The maximum Gasteiger partial charge on any atom is 0.255 e. The number of rotatable bonds is 4. The number of carbonyl (C=O) groups is 2. The molecule has 0 aliphatic carbocycles. The molecule has 0 unspecified atom stereocenters. The maximum atomic E-state index is 13.2. The fourth-order valence-electron chi connectivity index (χ4n) is 2.87. The Balaban J connectivity index is 1.81. The summed E-state index contributed by atoms with van der Waals surface area (Å²) in [6.45, 7) is 2.94. The Morgan fingerprint density at radius 3 is 2.52 bits per heavy atom. The summed E-state index contributed by atoms with van der Waals surface area (Å²) >= 11 is 0. The molecule has 1 N–H and O–H groups in total. The topological polar surface area (TPSA) is 74.8 Å². The first-order valence-electron chi connectivity index (χ1n) is 8.56. The lowest BCUT2D eigenvalue weighted by Gasteiger charge is -2.32. The number of pyridine rings is 1. The van der Waals surface area contributed by atoms with Crippen molar-refractivity contribution < 1.29 is 18.7 Å². The average molecular weight is 372 g/mol. The van der Waals surface area contributed by atoms with E-state index in [9.17, 15) is 14.0 Å². The van der Waals surface area contributed by atoms with Gasteiger partial charge in [0.2, 0.25) is 5.95 Å². The van der Waals surface area contributed by atoms with E-state index in [-0.39, 0.29) is 11.5 Å². The van der Waals surface area contributed by atoms with E-state index in [0.29, 0.717) is 30.1 Å². The molecule has 2 amide bonds. The number of nitrogens with one attached hydrogen (secondary N) is 1. The van der Waals surface area contributed by atoms with Crippen molar-refractivity contribution in [2.45, 2.75) is 0 Å². The zero-order chi connectivity index (χ0) is 19.4. The van der Waals surface area contributed by atoms with Gasteiger partial charge in [0.05, 0.1) is 12.8 Å². The quantitative estimate of drug-likeness (QED) is 0.830. The Hall–Kier alpha value is -3.00. The van der Waals surface area contributed by atoms with Gasteiger partial charge in [0.15, 0.2) is 0 Å². The molecule has 142 valence electrons. The molecule has 0 spiro atoms. The summed E-state index contributed by atoms with van der Waals surface area (Å²) in [5, 5.41) is 2.67. The molecule has 0 bridgehead atoms. The number of piperazine rings is 1. The van der Waals surface area contributed by atoms with Crippen LogP contribution < -0.4 is 10.1 Å². The van der Waals surface area contributed by atoms with Crippen molar-refractivity contribution in [2.24, 2.45) is 0 Å². The molecule has 0 saturated carbocycles. The molecule has 1 aromatic carbocycles. The second kappa shape index (κ2) is 8.13. The average Bonchev–Trinajstić information content (AvgIpc) is 2.68. The van der Waals surface area contributed by atoms with Gasteiger partial charge >= 0.3 is 0 Å². The van der Waals surface area contributed by atoms with Crippen LogP contribution in [0.5, 0.6) is 5.75 Å². The van der Waals surface area contributed by atoms with Gasteiger partial charge in [-0.25, -0.2) is 4.98 Å². The number of amides is 2. The third kappa shape index (κ3) is 4.40. The second-order valence-corrected chi connectivity index (χ2v) is 6.33. The number of hydrogen-bond acceptors (Lipinski definition) is 5. The molecule has 3 rings (SSSR count). The summed E-state index contributed by atoms with van der Waals surface area (Å²) in [6, 6.07) is 7.33. The first-order valence-corrected chi connectivity index (χ1v) is 8.56. The Bertz CT molecular complexity index is 851. The van der Waals surface area contributed by atoms with E-state index in [1.165, 1.54) is 19.4 Å². The zero-order valence-electron chi connectivity index (χ0n) is 15.2. The van der Waals surface area contributed by atoms with Gasteiger partial charge in [-0.15, -0.1) is 0 Å². The fourth-order valence-corrected chi connectivity index (χ4v) is 2.87. The number of nitrogens with zero attached hydrogens (tertiary/aromatic N) is 3. The van der Waals surface area contributed by atoms with Crippen molar-refractivity contribution in [3.05, 3.63) is 53.6 Å². The van der Waals surface area contributed by atoms with Crippen molar-refractivity contribution >= 4 is 17.5 Å². The Kier molecular flexibility index (Phi) is 5.66. The first-order chi connectivity index (χ1) is 13.0. The minimum absolute atomic E-state index is 0.101. The van der Waals surface area contributed by atoms with Gasteiger partial charge in [0, 0.05) is 49.6 Å². The monoisotopic (exact) mass is 372 g/mol. The SMILES string of the molecule is COc1ccc(C(=O)N2CCN(C)CC2)cc1NC(=O)c1ccnc(F)c1. The standard InChI is InChI=1S/C19H21FN4O3/c1-23-7-9-24(10-8-23)19(26)14-3-4-16(27-2)15(11-14)22-18(25)13-5-6-21-17(20)12-13/h3-6,11-12H,7-10H2,1-2H3,(H,22,25). The van der Waals surface area contributed by atoms with E-state index in [1.807, 2.05) is 7.05 Å². The number of halogens is 1. The summed E-state index contributed by atoms with van der Waals surface area (Å²) in [7, 11) is 3.49. The molecular weight excluding hydrogens is 351 g/mol. The fraction of sp³-hybridized carbons (Fsp3) is 0.316. The molecule has 1 aromatic heterocycles. The van der Waals surface area contributed by atoms with Gasteiger partial charge in [-0.05, 0) is 31.3 Å². The number of benzene rings is 1. The van der Waals surface area contributed by atoms with Gasteiger partial charge in [-0.1, -0.05) is 0 Å². The van der Waals surface area contributed by atoms with Crippen LogP contribution in [0.4, 0.5) is 10.1 Å². The Labute approximate surface area is 156 Å². The van der Waals surface area contributed by atoms with Gasteiger partial charge in [0.25, 0.3) is 11.8 Å². The predicted molar refractivity (Wildman–Crippen MR) is 98.5 cm³/mol. The molecule has 0 radical (unpaired) electrons. The highest BCUT2D eigenvalue weighted by atomic mass is 19.1. The molecular formula is C19H21FN4O3. The van der Waals surface area contributed by atoms with Crippen LogP contribution in [0.1, 0.15) is 20.7 Å². The summed E-state index contributed by atoms with van der Waals surface area (Å²) in [5.41, 5.74) is 0.927. The predicted octanol–water partition coefficient (Wildman–Crippen LogP) is 1.87. The number of likely N-dealkylation sites (N-methyl/N-ethyl adjacent to an activating group) is 1. The molecule has 1 aliphatic rings. The lowest BCUT2D eigenvalue weighted by Crippen LogP contribution is -2.47. The molecule has 1 fully saturated rings. The number of anilines is 1. The maximum absolute atomic E-state index is 13.2. The van der Waals surface area contributed by atoms with E-state index < -0.39 is 11.9 Å². The number of methoxy groups -OCH3 is 1. The largest absolute Gasteiger partial charge is 0.495 e. The van der Waals surface area contributed by atoms with Crippen molar-refractivity contribution in [1.29, 1.82) is 0 Å². The summed E-state index contributed by atoms with van der Waals surface area (Å²) in [5.74, 6) is -0.948. The number of carbonyl (C=O) groups excluding carboxylic acids is 2. The minimum Gasteiger partial charge on any atom is -0.495 e. The lowest BCUT2D eigenvalue weighted by molar-refractivity contribution is 0.0664. The number of ether oxygens (including phenoxy) is 1. The van der Waals surface area contributed by atoms with Gasteiger partial charge < -0.3 is 19.9 Å². The first kappa shape index (κ1) is 18.8. The van der Waals surface area contributed by atoms with Gasteiger partial charge in [-0.2, -0.15) is 4.39 Å². The van der Waals surface area contributed by atoms with Crippen LogP contribution in [-0.4, -0.2) is 66.9 Å². The summed E-state index contributed by atoms with van der Waals surface area (Å²) in [6.07, 6.45) is 1.22. The van der Waals surface area contributed by atoms with Crippen LogP contribution in [0, 0.1) is 5.95 Å². The molecule has 0 atom stereocenters. The molecule has 1 aliphatic heterocycles. The smallest absolute Gasteiger partial charge is 0.255 e. The third-order valence-electron chi connectivity index (χ3n) is 4.47. The molecule has 27 heavy (non-hydrogen) atoms. The van der Waals surface area contributed by atoms with Gasteiger partial charge in [0.1, 0.15) is 5.75 Å². The van der Waals surface area contributed by atoms with Crippen molar-refractivity contribution in [3.8, 4) is 5.75 Å². The molecule has 7 nitrogen and oxygen atoms in total. The van der Waals surface area contributed by atoms with Crippen LogP contribution in [0.3, 0.4) is 0 Å². The summed E-state index contributed by atoms with van der Waals surface area (Å²) in [4.78, 5) is 32.5. The number of hydrogen-bond donors (Lipinski definition) is 1. The van der Waals surface area contributed by atoms with Crippen molar-refractivity contribution in [2.75, 3.05) is 45.7 Å². The Morgan fingerprint density at radius 1 is 1.11 bits per heavy atom. The van der Waals surface area contributed by atoms with Crippen LogP contribution in [0.15, 0.2) is 36.5 Å². The van der Waals surface area contributed by atoms with E-state index in [4.69, 9.17) is 4.74 Å². The van der Waals surface area contributed by atoms with Crippen molar-refractivity contribution in [1.82, 2.24) is 14.8 Å². The van der Waals surface area contributed by atoms with Crippen LogP contribution in [-0.2, 0) is 0 Å². The molecule has 1 saturated heterocycles. The highest BCUT2D eigenvalue weighted by Crippen LogP contribution is 2.27. The van der Waals surface area contributed by atoms with E-state index in [1.54, 1.807) is 23.1 Å². The van der Waals surface area contributed by atoms with E-state index in [0.717, 1.165) is 19.2 Å². The summed E-state index contributed by atoms with van der Waals surface area (Å²) < 4.78 is 18.5. The Morgan fingerprint density at radius 2 is 1.85 bits per heavy atom. The van der Waals surface area contributed by atoms with E-state index in [2.05, 4.69) is 15.2 Å².